The van der Waals surface area contributed by atoms with E-state index >= 15 is 0 Å². The van der Waals surface area contributed by atoms with Crippen molar-refractivity contribution in [3.63, 3.8) is 0 Å². The van der Waals surface area contributed by atoms with Gasteiger partial charge in [-0.1, -0.05) is 0 Å². The summed E-state index contributed by atoms with van der Waals surface area (Å²) in [7, 11) is 0. The zero-order valence-electron chi connectivity index (χ0n) is 10.5. The summed E-state index contributed by atoms with van der Waals surface area (Å²) >= 11 is 0. The number of nitrogen functional groups attached to an aromatic ring is 1. The molecule has 20 heavy (non-hydrogen) atoms. The predicted molar refractivity (Wildman–Crippen MR) is 60.0 cm³/mol. The third-order valence-corrected chi connectivity index (χ3v) is 2.25. The average Bonchev–Trinajstić information content (AvgIpc) is 2.22. The van der Waals surface area contributed by atoms with Gasteiger partial charge in [-0.25, -0.2) is 9.97 Å². The summed E-state index contributed by atoms with van der Waals surface area (Å²) in [6.07, 6.45) is -9.46. The van der Waals surface area contributed by atoms with Crippen LogP contribution < -0.4 is 10.6 Å². The van der Waals surface area contributed by atoms with Gasteiger partial charge < -0.3 is 10.6 Å². The maximum absolute atomic E-state index is 12.5. The lowest BCUT2D eigenvalue weighted by Gasteiger charge is -2.29. The van der Waals surface area contributed by atoms with Crippen molar-refractivity contribution < 1.29 is 26.3 Å². The van der Waals surface area contributed by atoms with Crippen LogP contribution in [0.3, 0.4) is 0 Å². The van der Waals surface area contributed by atoms with Gasteiger partial charge in [0.15, 0.2) is 0 Å². The van der Waals surface area contributed by atoms with Crippen LogP contribution in [0.4, 0.5) is 38.0 Å². The summed E-state index contributed by atoms with van der Waals surface area (Å²) in [6.45, 7) is 1.37. The van der Waals surface area contributed by atoms with Crippen molar-refractivity contribution in [1.82, 2.24) is 9.97 Å². The first kappa shape index (κ1) is 16.3. The minimum absolute atomic E-state index is 0.517. The van der Waals surface area contributed by atoms with Crippen LogP contribution in [0.5, 0.6) is 0 Å². The molecule has 0 saturated carbocycles. The highest BCUT2D eigenvalue weighted by atomic mass is 19.4. The Balaban J connectivity index is 3.24. The molecule has 0 bridgehead atoms. The van der Waals surface area contributed by atoms with Gasteiger partial charge in [-0.2, -0.15) is 26.3 Å². The Kier molecular flexibility index (Phi) is 4.35. The molecule has 0 aliphatic carbocycles. The minimum Gasteiger partial charge on any atom is -0.384 e. The highest BCUT2D eigenvalue weighted by Gasteiger charge is 2.37. The first-order chi connectivity index (χ1) is 8.90. The Bertz CT molecular complexity index is 468. The Morgan fingerprint density at radius 1 is 1.15 bits per heavy atom. The lowest BCUT2D eigenvalue weighted by molar-refractivity contribution is -0.144. The highest BCUT2D eigenvalue weighted by molar-refractivity contribution is 5.48. The SMILES string of the molecule is CC(C)N(CC(F)(F)F)c1cc(N)nc(C(F)(F)F)n1. The summed E-state index contributed by atoms with van der Waals surface area (Å²) in [5.74, 6) is -2.63. The number of hydrogen-bond acceptors (Lipinski definition) is 4. The first-order valence-corrected chi connectivity index (χ1v) is 5.45. The van der Waals surface area contributed by atoms with Gasteiger partial charge in [0.2, 0.25) is 5.82 Å². The second-order valence-corrected chi connectivity index (χ2v) is 4.31. The number of hydrogen-bond donors (Lipinski definition) is 1. The fourth-order valence-corrected chi connectivity index (χ4v) is 1.45. The predicted octanol–water partition coefficient (Wildman–Crippen LogP) is 2.85. The molecule has 0 aliphatic rings. The number of aromatic nitrogens is 2. The Labute approximate surface area is 110 Å². The molecule has 0 atom stereocenters. The molecule has 0 fully saturated rings. The van der Waals surface area contributed by atoms with Crippen LogP contribution in [0.1, 0.15) is 19.7 Å². The largest absolute Gasteiger partial charge is 0.451 e. The number of alkyl halides is 6. The molecule has 0 amide bonds. The molecule has 1 rings (SSSR count). The molecule has 2 N–H and O–H groups in total. The smallest absolute Gasteiger partial charge is 0.384 e. The van der Waals surface area contributed by atoms with Gasteiger partial charge in [-0.3, -0.25) is 0 Å². The third-order valence-electron chi connectivity index (χ3n) is 2.25. The average molecular weight is 302 g/mol. The van der Waals surface area contributed by atoms with Crippen molar-refractivity contribution in [2.75, 3.05) is 17.2 Å². The number of nitrogens with zero attached hydrogens (tertiary/aromatic N) is 3. The van der Waals surface area contributed by atoms with Gasteiger partial charge in [-0.15, -0.1) is 0 Å². The van der Waals surface area contributed by atoms with E-state index in [2.05, 4.69) is 9.97 Å². The molecule has 114 valence electrons. The summed E-state index contributed by atoms with van der Waals surface area (Å²) in [6, 6.07) is 0.160. The van der Waals surface area contributed by atoms with Crippen LogP contribution in [-0.2, 0) is 6.18 Å². The summed E-state index contributed by atoms with van der Waals surface area (Å²) < 4.78 is 74.9. The summed E-state index contributed by atoms with van der Waals surface area (Å²) in [4.78, 5) is 6.77. The Morgan fingerprint density at radius 2 is 1.70 bits per heavy atom. The maximum atomic E-state index is 12.5. The van der Waals surface area contributed by atoms with Crippen molar-refractivity contribution in [3.05, 3.63) is 11.9 Å². The normalized spacial score (nSPS) is 12.8. The molecular weight excluding hydrogens is 290 g/mol. The van der Waals surface area contributed by atoms with Crippen molar-refractivity contribution in [2.45, 2.75) is 32.2 Å². The van der Waals surface area contributed by atoms with E-state index in [1.54, 1.807) is 0 Å². The van der Waals surface area contributed by atoms with Crippen molar-refractivity contribution in [1.29, 1.82) is 0 Å². The van der Waals surface area contributed by atoms with Gasteiger partial charge in [0.1, 0.15) is 18.2 Å². The molecule has 0 spiro atoms. The molecule has 1 aromatic heterocycles. The molecule has 0 radical (unpaired) electrons. The molecule has 1 heterocycles. The Morgan fingerprint density at radius 3 is 2.10 bits per heavy atom. The zero-order chi connectivity index (χ0) is 15.7. The molecule has 0 aromatic carbocycles. The molecular formula is C10H12F6N4. The Hall–Kier alpha value is -1.74. The van der Waals surface area contributed by atoms with Crippen LogP contribution >= 0.6 is 0 Å². The number of rotatable bonds is 3. The molecule has 0 aliphatic heterocycles. The number of halogens is 6. The van der Waals surface area contributed by atoms with Crippen LogP contribution in [0, 0.1) is 0 Å². The van der Waals surface area contributed by atoms with Crippen LogP contribution in [-0.4, -0.2) is 28.7 Å². The van der Waals surface area contributed by atoms with E-state index in [4.69, 9.17) is 5.73 Å². The van der Waals surface area contributed by atoms with E-state index in [9.17, 15) is 26.3 Å². The lowest BCUT2D eigenvalue weighted by atomic mass is 10.3. The van der Waals surface area contributed by atoms with E-state index in [1.165, 1.54) is 13.8 Å². The maximum Gasteiger partial charge on any atom is 0.451 e. The third kappa shape index (κ3) is 4.42. The molecule has 0 saturated heterocycles. The fraction of sp³-hybridized carbons (Fsp3) is 0.600. The van der Waals surface area contributed by atoms with Gasteiger partial charge in [0.05, 0.1) is 0 Å². The van der Waals surface area contributed by atoms with Gasteiger partial charge in [-0.05, 0) is 13.8 Å². The number of nitrogens with two attached hydrogens (primary N) is 1. The summed E-state index contributed by atoms with van der Waals surface area (Å²) in [5, 5.41) is 0. The second kappa shape index (κ2) is 5.33. The van der Waals surface area contributed by atoms with Gasteiger partial charge in [0.25, 0.3) is 0 Å². The monoisotopic (exact) mass is 302 g/mol. The van der Waals surface area contributed by atoms with Crippen molar-refractivity contribution in [3.8, 4) is 0 Å². The van der Waals surface area contributed by atoms with E-state index < -0.39 is 42.4 Å². The lowest BCUT2D eigenvalue weighted by Crippen LogP contribution is -2.40. The van der Waals surface area contributed by atoms with E-state index in [0.29, 0.717) is 4.90 Å². The van der Waals surface area contributed by atoms with Gasteiger partial charge >= 0.3 is 12.4 Å². The van der Waals surface area contributed by atoms with Crippen LogP contribution in [0.2, 0.25) is 0 Å². The summed E-state index contributed by atoms with van der Waals surface area (Å²) in [5.41, 5.74) is 5.20. The molecule has 1 aromatic rings. The van der Waals surface area contributed by atoms with Crippen LogP contribution in [0.15, 0.2) is 6.07 Å². The number of anilines is 2. The zero-order valence-corrected chi connectivity index (χ0v) is 10.5. The topological polar surface area (TPSA) is 55.0 Å². The molecule has 4 nitrogen and oxygen atoms in total. The van der Waals surface area contributed by atoms with Crippen LogP contribution in [0.25, 0.3) is 0 Å². The highest BCUT2D eigenvalue weighted by Crippen LogP contribution is 2.30. The van der Waals surface area contributed by atoms with Gasteiger partial charge in [0, 0.05) is 12.1 Å². The second-order valence-electron chi connectivity index (χ2n) is 4.31. The quantitative estimate of drug-likeness (QED) is 0.872. The standard InChI is InChI=1S/C10H12F6N4/c1-5(2)20(4-9(11,12)13)7-3-6(17)18-8(19-7)10(14,15)16/h3,5H,4H2,1-2H3,(H2,17,18,19). The van der Waals surface area contributed by atoms with Crippen molar-refractivity contribution in [2.24, 2.45) is 0 Å². The van der Waals surface area contributed by atoms with E-state index in [-0.39, 0.29) is 0 Å². The fourth-order valence-electron chi connectivity index (χ4n) is 1.45. The van der Waals surface area contributed by atoms with E-state index in [1.807, 2.05) is 0 Å². The molecule has 0 unspecified atom stereocenters. The molecule has 10 heteroatoms. The van der Waals surface area contributed by atoms with E-state index in [0.717, 1.165) is 6.07 Å². The minimum atomic E-state index is -4.88. The first-order valence-electron chi connectivity index (χ1n) is 5.45. The van der Waals surface area contributed by atoms with Crippen molar-refractivity contribution >= 4 is 11.6 Å².